The molecule has 1 rings (SSSR count). The van der Waals surface area contributed by atoms with Crippen LogP contribution in [-0.4, -0.2) is 27.5 Å². The number of hydrogen-bond donors (Lipinski definition) is 3. The molecule has 9 heteroatoms. The average Bonchev–Trinajstić information content (AvgIpc) is 2.35. The van der Waals surface area contributed by atoms with Gasteiger partial charge < -0.3 is 11.1 Å². The summed E-state index contributed by atoms with van der Waals surface area (Å²) >= 11 is 5.78. The molecule has 7 nitrogen and oxygen atoms in total. The number of carbonyl (C=O) groups is 1. The molecule has 0 aliphatic carbocycles. The number of amides is 2. The molecular weight excluding hydrogens is 292 g/mol. The van der Waals surface area contributed by atoms with Gasteiger partial charge in [-0.2, -0.15) is 5.26 Å². The molecule has 2 amide bonds. The molecule has 0 heterocycles. The summed E-state index contributed by atoms with van der Waals surface area (Å²) in [5.41, 5.74) is 5.01. The van der Waals surface area contributed by atoms with Crippen LogP contribution >= 0.6 is 11.6 Å². The fraction of sp³-hybridized carbons (Fsp3) is 0.200. The van der Waals surface area contributed by atoms with E-state index in [0.717, 1.165) is 0 Å². The van der Waals surface area contributed by atoms with Crippen LogP contribution in [0.5, 0.6) is 0 Å². The van der Waals surface area contributed by atoms with Crippen LogP contribution in [0.15, 0.2) is 23.1 Å². The molecule has 0 fully saturated rings. The Labute approximate surface area is 115 Å². The van der Waals surface area contributed by atoms with Crippen LogP contribution in [-0.2, 0) is 10.0 Å². The highest BCUT2D eigenvalue weighted by Crippen LogP contribution is 2.22. The van der Waals surface area contributed by atoms with Gasteiger partial charge in [0.15, 0.2) is 0 Å². The lowest BCUT2D eigenvalue weighted by molar-refractivity contribution is 0.249. The molecule has 0 atom stereocenters. The highest BCUT2D eigenvalue weighted by atomic mass is 35.5. The lowest BCUT2D eigenvalue weighted by Crippen LogP contribution is -2.37. The maximum absolute atomic E-state index is 11.9. The molecule has 0 saturated heterocycles. The normalized spacial score (nSPS) is 10.7. The van der Waals surface area contributed by atoms with Gasteiger partial charge in [-0.25, -0.2) is 17.9 Å². The molecule has 0 unspecified atom stereocenters. The molecule has 102 valence electrons. The highest BCUT2D eigenvalue weighted by Gasteiger charge is 2.18. The number of carbonyl (C=O) groups excluding carboxylic acids is 1. The Morgan fingerprint density at radius 1 is 1.42 bits per heavy atom. The number of benzene rings is 1. The molecule has 0 radical (unpaired) electrons. The van der Waals surface area contributed by atoms with Gasteiger partial charge in [0.1, 0.15) is 4.90 Å². The first-order valence-electron chi connectivity index (χ1n) is 5.09. The summed E-state index contributed by atoms with van der Waals surface area (Å²) in [6.45, 7) is 0.00249. The van der Waals surface area contributed by atoms with Crippen LogP contribution in [0.1, 0.15) is 5.56 Å². The Bertz CT molecular complexity index is 624. The number of primary amides is 1. The second-order valence-corrected chi connectivity index (χ2v) is 5.59. The quantitative estimate of drug-likeness (QED) is 0.670. The summed E-state index contributed by atoms with van der Waals surface area (Å²) in [5.74, 6) is 0. The molecule has 0 saturated carbocycles. The van der Waals surface area contributed by atoms with Gasteiger partial charge in [0.2, 0.25) is 10.0 Å². The summed E-state index contributed by atoms with van der Waals surface area (Å²) in [6.07, 6.45) is 0. The Kier molecular flexibility index (Phi) is 5.11. The molecule has 4 N–H and O–H groups in total. The molecule has 19 heavy (non-hydrogen) atoms. The maximum atomic E-state index is 11.9. The van der Waals surface area contributed by atoms with Gasteiger partial charge in [-0.3, -0.25) is 0 Å². The van der Waals surface area contributed by atoms with Crippen molar-refractivity contribution in [1.29, 1.82) is 5.26 Å². The third kappa shape index (κ3) is 4.40. The van der Waals surface area contributed by atoms with Crippen LogP contribution in [0.3, 0.4) is 0 Å². The molecular formula is C10H11ClN4O3S. The van der Waals surface area contributed by atoms with E-state index in [9.17, 15) is 13.2 Å². The van der Waals surface area contributed by atoms with E-state index < -0.39 is 16.1 Å². The van der Waals surface area contributed by atoms with E-state index in [1.165, 1.54) is 18.2 Å². The van der Waals surface area contributed by atoms with Gasteiger partial charge in [-0.05, 0) is 18.2 Å². The summed E-state index contributed by atoms with van der Waals surface area (Å²) in [5, 5.41) is 11.0. The highest BCUT2D eigenvalue weighted by molar-refractivity contribution is 7.89. The molecule has 0 bridgehead atoms. The Hall–Kier alpha value is -1.82. The van der Waals surface area contributed by atoms with Crippen molar-refractivity contribution in [3.63, 3.8) is 0 Å². The van der Waals surface area contributed by atoms with Gasteiger partial charge >= 0.3 is 6.03 Å². The summed E-state index contributed by atoms with van der Waals surface area (Å²) in [6, 6.07) is 4.99. The zero-order valence-electron chi connectivity index (χ0n) is 9.68. The van der Waals surface area contributed by atoms with E-state index in [1.54, 1.807) is 0 Å². The Morgan fingerprint density at radius 3 is 2.68 bits per heavy atom. The van der Waals surface area contributed by atoms with Crippen LogP contribution in [0.4, 0.5) is 4.79 Å². The molecule has 0 aliphatic heterocycles. The van der Waals surface area contributed by atoms with E-state index in [0.29, 0.717) is 0 Å². The fourth-order valence-corrected chi connectivity index (χ4v) is 2.78. The van der Waals surface area contributed by atoms with Crippen LogP contribution in [0.25, 0.3) is 0 Å². The van der Waals surface area contributed by atoms with E-state index in [4.69, 9.17) is 22.6 Å². The second-order valence-electron chi connectivity index (χ2n) is 3.45. The first-order valence-corrected chi connectivity index (χ1v) is 6.95. The second kappa shape index (κ2) is 6.38. The van der Waals surface area contributed by atoms with E-state index in [2.05, 4.69) is 10.0 Å². The van der Waals surface area contributed by atoms with Gasteiger partial charge in [0, 0.05) is 13.1 Å². The lowest BCUT2D eigenvalue weighted by Gasteiger charge is -2.08. The number of urea groups is 1. The van der Waals surface area contributed by atoms with Crippen LogP contribution in [0, 0.1) is 11.3 Å². The Morgan fingerprint density at radius 2 is 2.11 bits per heavy atom. The molecule has 0 spiro atoms. The number of halogens is 1. The third-order valence-electron chi connectivity index (χ3n) is 2.07. The van der Waals surface area contributed by atoms with Crippen LogP contribution in [0.2, 0.25) is 5.02 Å². The smallest absolute Gasteiger partial charge is 0.312 e. The van der Waals surface area contributed by atoms with Crippen molar-refractivity contribution in [2.45, 2.75) is 4.90 Å². The third-order valence-corrected chi connectivity index (χ3v) is 4.01. The average molecular weight is 303 g/mol. The van der Waals surface area contributed by atoms with Crippen molar-refractivity contribution in [3.8, 4) is 6.07 Å². The predicted molar refractivity (Wildman–Crippen MR) is 68.9 cm³/mol. The van der Waals surface area contributed by atoms with Gasteiger partial charge in [-0.1, -0.05) is 11.6 Å². The number of nitrogens with two attached hydrogens (primary N) is 1. The van der Waals surface area contributed by atoms with E-state index in [1.807, 2.05) is 6.07 Å². The monoisotopic (exact) mass is 302 g/mol. The summed E-state index contributed by atoms with van der Waals surface area (Å²) in [4.78, 5) is 10.2. The zero-order chi connectivity index (χ0) is 14.5. The SMILES string of the molecule is N#Cc1ccc(Cl)c(S(=O)(=O)NCCNC(N)=O)c1. The number of sulfonamides is 1. The van der Waals surface area contributed by atoms with Crippen molar-refractivity contribution in [2.75, 3.05) is 13.1 Å². The predicted octanol–water partition coefficient (Wildman–Crippen LogP) is 0.158. The van der Waals surface area contributed by atoms with Crippen molar-refractivity contribution >= 4 is 27.7 Å². The van der Waals surface area contributed by atoms with Crippen molar-refractivity contribution in [2.24, 2.45) is 5.73 Å². The van der Waals surface area contributed by atoms with Crippen LogP contribution < -0.4 is 15.8 Å². The molecule has 1 aromatic rings. The maximum Gasteiger partial charge on any atom is 0.312 e. The minimum atomic E-state index is -3.85. The number of hydrogen-bond acceptors (Lipinski definition) is 4. The number of nitrogens with one attached hydrogen (secondary N) is 2. The lowest BCUT2D eigenvalue weighted by atomic mass is 10.2. The van der Waals surface area contributed by atoms with Gasteiger partial charge in [0.25, 0.3) is 0 Å². The van der Waals surface area contributed by atoms with Crippen molar-refractivity contribution < 1.29 is 13.2 Å². The first-order chi connectivity index (χ1) is 8.86. The fourth-order valence-electron chi connectivity index (χ4n) is 1.23. The zero-order valence-corrected chi connectivity index (χ0v) is 11.3. The van der Waals surface area contributed by atoms with Crippen molar-refractivity contribution in [3.05, 3.63) is 28.8 Å². The summed E-state index contributed by atoms with van der Waals surface area (Å²) in [7, 11) is -3.85. The first kappa shape index (κ1) is 15.2. The van der Waals surface area contributed by atoms with Crippen molar-refractivity contribution in [1.82, 2.24) is 10.0 Å². The Balaban J connectivity index is 2.83. The van der Waals surface area contributed by atoms with E-state index >= 15 is 0 Å². The standard InChI is InChI=1S/C10H11ClN4O3S/c11-8-2-1-7(6-12)5-9(8)19(17,18)15-4-3-14-10(13)16/h1-2,5,15H,3-4H2,(H3,13,14,16). The van der Waals surface area contributed by atoms with Gasteiger partial charge in [-0.15, -0.1) is 0 Å². The minimum absolute atomic E-state index is 0.00867. The molecule has 0 aromatic heterocycles. The number of nitrogens with zero attached hydrogens (tertiary/aromatic N) is 1. The van der Waals surface area contributed by atoms with E-state index in [-0.39, 0.29) is 28.6 Å². The largest absolute Gasteiger partial charge is 0.352 e. The molecule has 1 aromatic carbocycles. The topological polar surface area (TPSA) is 125 Å². The molecule has 0 aliphatic rings. The van der Waals surface area contributed by atoms with Gasteiger partial charge in [0.05, 0.1) is 16.7 Å². The minimum Gasteiger partial charge on any atom is -0.352 e. The summed E-state index contributed by atoms with van der Waals surface area (Å²) < 4.78 is 26.1. The number of rotatable bonds is 5. The number of nitriles is 1.